The molecule has 6 nitrogen and oxygen atoms in total. The van der Waals surface area contributed by atoms with Crippen molar-refractivity contribution in [3.05, 3.63) is 24.3 Å². The van der Waals surface area contributed by atoms with Crippen molar-refractivity contribution in [1.29, 1.82) is 0 Å². The summed E-state index contributed by atoms with van der Waals surface area (Å²) in [6.07, 6.45) is 53.3. The number of rotatable bonds is 46. The Labute approximate surface area is 360 Å². The van der Waals surface area contributed by atoms with E-state index < -0.39 is 6.10 Å². The van der Waals surface area contributed by atoms with Crippen LogP contribution in [0, 0.1) is 0 Å². The number of allylic oxidation sites excluding steroid dienone is 4. The number of hydrogen-bond acceptors (Lipinski definition) is 6. The van der Waals surface area contributed by atoms with E-state index in [1.54, 1.807) is 0 Å². The van der Waals surface area contributed by atoms with Gasteiger partial charge in [0.05, 0.1) is 0 Å². The van der Waals surface area contributed by atoms with Gasteiger partial charge in [-0.15, -0.1) is 0 Å². The van der Waals surface area contributed by atoms with Gasteiger partial charge < -0.3 is 14.2 Å². The van der Waals surface area contributed by atoms with Crippen LogP contribution in [-0.2, 0) is 28.6 Å². The summed E-state index contributed by atoms with van der Waals surface area (Å²) >= 11 is 0. The summed E-state index contributed by atoms with van der Waals surface area (Å²) in [5.74, 6) is -0.869. The quantitative estimate of drug-likeness (QED) is 0.0263. The van der Waals surface area contributed by atoms with Gasteiger partial charge in [-0.3, -0.25) is 14.4 Å². The summed E-state index contributed by atoms with van der Waals surface area (Å²) < 4.78 is 16.7. The smallest absolute Gasteiger partial charge is 0.306 e. The number of esters is 3. The van der Waals surface area contributed by atoms with Crippen LogP contribution >= 0.6 is 0 Å². The van der Waals surface area contributed by atoms with Gasteiger partial charge in [0.1, 0.15) is 13.2 Å². The Morgan fingerprint density at radius 2 is 0.621 bits per heavy atom. The molecule has 6 heteroatoms. The first-order valence-electron chi connectivity index (χ1n) is 25.3. The van der Waals surface area contributed by atoms with Gasteiger partial charge in [0.25, 0.3) is 0 Å². The average molecular weight is 817 g/mol. The molecule has 0 heterocycles. The van der Waals surface area contributed by atoms with Crippen LogP contribution in [0.3, 0.4) is 0 Å². The van der Waals surface area contributed by atoms with Crippen molar-refractivity contribution in [1.82, 2.24) is 0 Å². The van der Waals surface area contributed by atoms with Crippen LogP contribution in [0.15, 0.2) is 24.3 Å². The van der Waals surface area contributed by atoms with Gasteiger partial charge in [0, 0.05) is 19.3 Å². The summed E-state index contributed by atoms with van der Waals surface area (Å²) in [6, 6.07) is 0. The molecule has 0 rings (SSSR count). The first-order valence-corrected chi connectivity index (χ1v) is 25.3. The van der Waals surface area contributed by atoms with Crippen molar-refractivity contribution in [2.45, 2.75) is 277 Å². The minimum Gasteiger partial charge on any atom is -0.462 e. The van der Waals surface area contributed by atoms with E-state index in [1.807, 2.05) is 0 Å². The van der Waals surface area contributed by atoms with Gasteiger partial charge in [0.15, 0.2) is 6.10 Å². The van der Waals surface area contributed by atoms with Gasteiger partial charge in [-0.05, 0) is 51.4 Å². The number of carbonyl (C=O) groups is 3. The molecule has 1 unspecified atom stereocenters. The molecule has 0 saturated heterocycles. The van der Waals surface area contributed by atoms with Gasteiger partial charge in [-0.1, -0.05) is 225 Å². The van der Waals surface area contributed by atoms with E-state index in [0.717, 1.165) is 64.2 Å². The summed E-state index contributed by atoms with van der Waals surface area (Å²) in [6.45, 7) is 6.59. The topological polar surface area (TPSA) is 78.9 Å². The lowest BCUT2D eigenvalue weighted by atomic mass is 10.0. The van der Waals surface area contributed by atoms with Crippen molar-refractivity contribution >= 4 is 17.9 Å². The van der Waals surface area contributed by atoms with Crippen LogP contribution in [0.25, 0.3) is 0 Å². The Balaban J connectivity index is 4.10. The monoisotopic (exact) mass is 817 g/mol. The molecule has 58 heavy (non-hydrogen) atoms. The number of unbranched alkanes of at least 4 members (excludes halogenated alkanes) is 31. The highest BCUT2D eigenvalue weighted by Crippen LogP contribution is 2.15. The molecule has 0 fully saturated rings. The van der Waals surface area contributed by atoms with Crippen LogP contribution in [0.2, 0.25) is 0 Å². The highest BCUT2D eigenvalue weighted by molar-refractivity contribution is 5.71. The highest BCUT2D eigenvalue weighted by atomic mass is 16.6. The molecule has 0 saturated carbocycles. The molecule has 0 aliphatic heterocycles. The Bertz CT molecular complexity index is 942. The van der Waals surface area contributed by atoms with Crippen LogP contribution in [0.1, 0.15) is 271 Å². The Morgan fingerprint density at radius 3 is 0.948 bits per heavy atom. The van der Waals surface area contributed by atoms with Gasteiger partial charge >= 0.3 is 17.9 Å². The Hall–Kier alpha value is -2.11. The summed E-state index contributed by atoms with van der Waals surface area (Å²) in [5.41, 5.74) is 0. The third-order valence-corrected chi connectivity index (χ3v) is 11.2. The van der Waals surface area contributed by atoms with Crippen LogP contribution < -0.4 is 0 Å². The first-order chi connectivity index (χ1) is 28.5. The molecular formula is C52H96O6. The predicted octanol–water partition coefficient (Wildman–Crippen LogP) is 16.4. The van der Waals surface area contributed by atoms with E-state index in [0.29, 0.717) is 19.3 Å². The second-order valence-electron chi connectivity index (χ2n) is 17.1. The summed E-state index contributed by atoms with van der Waals surface area (Å²) in [5, 5.41) is 0. The van der Waals surface area contributed by atoms with Crippen LogP contribution in [0.5, 0.6) is 0 Å². The van der Waals surface area contributed by atoms with Crippen molar-refractivity contribution in [2.24, 2.45) is 0 Å². The van der Waals surface area contributed by atoms with E-state index in [-0.39, 0.29) is 31.1 Å². The fraction of sp³-hybridized carbons (Fsp3) is 0.865. The van der Waals surface area contributed by atoms with Crippen molar-refractivity contribution in [3.63, 3.8) is 0 Å². The van der Waals surface area contributed by atoms with Crippen LogP contribution in [0.4, 0.5) is 0 Å². The Kier molecular flexibility index (Phi) is 45.8. The molecule has 0 aromatic rings. The maximum atomic E-state index is 12.7. The molecule has 340 valence electrons. The highest BCUT2D eigenvalue weighted by Gasteiger charge is 2.19. The molecule has 0 bridgehead atoms. The van der Waals surface area contributed by atoms with E-state index in [2.05, 4.69) is 45.1 Å². The number of carbonyl (C=O) groups excluding carboxylic acids is 3. The van der Waals surface area contributed by atoms with Gasteiger partial charge in [-0.25, -0.2) is 0 Å². The molecule has 1 atom stereocenters. The summed E-state index contributed by atoms with van der Waals surface area (Å²) in [7, 11) is 0. The zero-order valence-corrected chi connectivity index (χ0v) is 38.8. The fourth-order valence-corrected chi connectivity index (χ4v) is 7.36. The Morgan fingerprint density at radius 1 is 0.345 bits per heavy atom. The zero-order chi connectivity index (χ0) is 42.3. The molecule has 0 spiro atoms. The van der Waals surface area contributed by atoms with Crippen molar-refractivity contribution in [2.75, 3.05) is 13.2 Å². The second kappa shape index (κ2) is 47.6. The third-order valence-electron chi connectivity index (χ3n) is 11.2. The lowest BCUT2D eigenvalue weighted by molar-refractivity contribution is -0.167. The molecule has 0 aliphatic carbocycles. The van der Waals surface area contributed by atoms with Gasteiger partial charge in [-0.2, -0.15) is 0 Å². The average Bonchev–Trinajstić information content (AvgIpc) is 3.22. The maximum Gasteiger partial charge on any atom is 0.306 e. The van der Waals surface area contributed by atoms with E-state index in [9.17, 15) is 14.4 Å². The number of hydrogen-bond donors (Lipinski definition) is 0. The minimum absolute atomic E-state index is 0.0683. The van der Waals surface area contributed by atoms with Crippen molar-refractivity contribution in [3.8, 4) is 0 Å². The van der Waals surface area contributed by atoms with Crippen molar-refractivity contribution < 1.29 is 28.6 Å². The predicted molar refractivity (Wildman–Crippen MR) is 247 cm³/mol. The molecule has 0 aromatic carbocycles. The third kappa shape index (κ3) is 45.0. The molecule has 0 amide bonds. The zero-order valence-electron chi connectivity index (χ0n) is 38.8. The van der Waals surface area contributed by atoms with Crippen LogP contribution in [-0.4, -0.2) is 37.2 Å². The lowest BCUT2D eigenvalue weighted by Crippen LogP contribution is -2.30. The molecular weight excluding hydrogens is 721 g/mol. The molecule has 0 radical (unpaired) electrons. The van der Waals surface area contributed by atoms with E-state index >= 15 is 0 Å². The number of ether oxygens (including phenoxy) is 3. The fourth-order valence-electron chi connectivity index (χ4n) is 7.36. The van der Waals surface area contributed by atoms with E-state index in [4.69, 9.17) is 14.2 Å². The minimum atomic E-state index is -0.763. The SMILES string of the molecule is CCCCCCC/C=C\C/C=C\CCCCCCCCCCCCCC(=O)OCC(COC(=O)CCCCCCCCC)OC(=O)CCCCCCCCCCCC. The second-order valence-corrected chi connectivity index (χ2v) is 17.1. The lowest BCUT2D eigenvalue weighted by Gasteiger charge is -2.18. The largest absolute Gasteiger partial charge is 0.462 e. The summed E-state index contributed by atoms with van der Waals surface area (Å²) in [4.78, 5) is 37.6. The molecule has 0 aromatic heterocycles. The first kappa shape index (κ1) is 55.9. The molecule has 0 N–H and O–H groups in total. The van der Waals surface area contributed by atoms with Gasteiger partial charge in [0.2, 0.25) is 0 Å². The van der Waals surface area contributed by atoms with E-state index in [1.165, 1.54) is 167 Å². The standard InChI is InChI=1S/C52H96O6/c1-4-7-10-13-16-18-20-21-22-23-24-25-26-27-28-29-30-31-32-34-36-39-42-45-51(54)57-48-49(47-56-50(53)44-41-38-35-15-12-9-6-3)58-52(55)46-43-40-37-33-19-17-14-11-8-5-2/h20-21,23-24,49H,4-19,22,25-48H2,1-3H3/b21-20-,24-23-. The molecule has 0 aliphatic rings. The normalized spacial score (nSPS) is 12.1. The maximum absolute atomic E-state index is 12.7.